The van der Waals surface area contributed by atoms with E-state index >= 15 is 0 Å². The third-order valence-corrected chi connectivity index (χ3v) is 2.76. The SMILES string of the molecule is CCc1cnc(CNc2ncccc2Br)o1. The summed E-state index contributed by atoms with van der Waals surface area (Å²) in [5, 5.41) is 3.15. The fourth-order valence-electron chi connectivity index (χ4n) is 1.27. The largest absolute Gasteiger partial charge is 0.444 e. The van der Waals surface area contributed by atoms with Gasteiger partial charge in [0.2, 0.25) is 5.89 Å². The molecule has 0 aromatic carbocycles. The summed E-state index contributed by atoms with van der Waals surface area (Å²) in [6.07, 6.45) is 4.35. The van der Waals surface area contributed by atoms with Crippen LogP contribution in [0.1, 0.15) is 18.6 Å². The minimum absolute atomic E-state index is 0.537. The summed E-state index contributed by atoms with van der Waals surface area (Å²) in [6, 6.07) is 3.80. The Balaban J connectivity index is 1.99. The van der Waals surface area contributed by atoms with E-state index in [1.54, 1.807) is 12.4 Å². The van der Waals surface area contributed by atoms with Gasteiger partial charge in [0.05, 0.1) is 17.2 Å². The number of hydrogen-bond donors (Lipinski definition) is 1. The number of aromatic nitrogens is 2. The first kappa shape index (κ1) is 11.1. The lowest BCUT2D eigenvalue weighted by atomic mass is 10.4. The number of anilines is 1. The summed E-state index contributed by atoms with van der Waals surface area (Å²) in [4.78, 5) is 8.35. The van der Waals surface area contributed by atoms with Crippen LogP contribution in [-0.4, -0.2) is 9.97 Å². The fourth-order valence-corrected chi connectivity index (χ4v) is 1.66. The summed E-state index contributed by atoms with van der Waals surface area (Å²) in [6.45, 7) is 2.57. The van der Waals surface area contributed by atoms with Crippen molar-refractivity contribution in [3.63, 3.8) is 0 Å². The van der Waals surface area contributed by atoms with Crippen molar-refractivity contribution in [2.45, 2.75) is 19.9 Å². The van der Waals surface area contributed by atoms with E-state index in [1.165, 1.54) is 0 Å². The van der Waals surface area contributed by atoms with E-state index in [-0.39, 0.29) is 0 Å². The van der Waals surface area contributed by atoms with Crippen molar-refractivity contribution in [1.29, 1.82) is 0 Å². The van der Waals surface area contributed by atoms with E-state index in [1.807, 2.05) is 19.1 Å². The molecule has 1 N–H and O–H groups in total. The van der Waals surface area contributed by atoms with Crippen LogP contribution in [0.2, 0.25) is 0 Å². The zero-order valence-electron chi connectivity index (χ0n) is 8.90. The molecule has 0 bridgehead atoms. The maximum Gasteiger partial charge on any atom is 0.213 e. The Bertz CT molecular complexity index is 470. The average molecular weight is 282 g/mol. The molecule has 84 valence electrons. The van der Waals surface area contributed by atoms with Crippen LogP contribution in [0, 0.1) is 0 Å². The van der Waals surface area contributed by atoms with Gasteiger partial charge in [-0.1, -0.05) is 6.92 Å². The lowest BCUT2D eigenvalue weighted by molar-refractivity contribution is 0.465. The molecular weight excluding hydrogens is 270 g/mol. The van der Waals surface area contributed by atoms with E-state index in [9.17, 15) is 0 Å². The average Bonchev–Trinajstić information content (AvgIpc) is 2.76. The van der Waals surface area contributed by atoms with Crippen LogP contribution < -0.4 is 5.32 Å². The minimum atomic E-state index is 0.537. The quantitative estimate of drug-likeness (QED) is 0.936. The molecule has 5 heteroatoms. The number of nitrogens with one attached hydrogen (secondary N) is 1. The Morgan fingerprint density at radius 2 is 2.31 bits per heavy atom. The lowest BCUT2D eigenvalue weighted by Gasteiger charge is -2.04. The number of hydrogen-bond acceptors (Lipinski definition) is 4. The van der Waals surface area contributed by atoms with Gasteiger partial charge >= 0.3 is 0 Å². The highest BCUT2D eigenvalue weighted by atomic mass is 79.9. The van der Waals surface area contributed by atoms with Gasteiger partial charge in [-0.15, -0.1) is 0 Å². The van der Waals surface area contributed by atoms with Gasteiger partial charge in [-0.2, -0.15) is 0 Å². The first-order chi connectivity index (χ1) is 7.79. The molecule has 0 aliphatic heterocycles. The maximum atomic E-state index is 5.48. The summed E-state index contributed by atoms with van der Waals surface area (Å²) in [5.41, 5.74) is 0. The molecule has 16 heavy (non-hydrogen) atoms. The molecule has 2 aromatic rings. The normalized spacial score (nSPS) is 10.4. The molecule has 2 rings (SSSR count). The summed E-state index contributed by atoms with van der Waals surface area (Å²) in [5.74, 6) is 2.37. The second kappa shape index (κ2) is 5.12. The van der Waals surface area contributed by atoms with E-state index in [4.69, 9.17) is 4.42 Å². The third kappa shape index (κ3) is 2.61. The molecule has 0 fully saturated rings. The molecule has 0 unspecified atom stereocenters. The van der Waals surface area contributed by atoms with Crippen LogP contribution in [0.15, 0.2) is 33.4 Å². The zero-order chi connectivity index (χ0) is 11.4. The molecule has 0 amide bonds. The Morgan fingerprint density at radius 1 is 1.44 bits per heavy atom. The molecule has 0 aliphatic rings. The second-order valence-corrected chi connectivity index (χ2v) is 4.12. The van der Waals surface area contributed by atoms with Crippen molar-refractivity contribution in [2.75, 3.05) is 5.32 Å². The molecule has 2 aromatic heterocycles. The maximum absolute atomic E-state index is 5.48. The molecule has 0 saturated heterocycles. The van der Waals surface area contributed by atoms with Crippen molar-refractivity contribution in [1.82, 2.24) is 9.97 Å². The van der Waals surface area contributed by atoms with Gasteiger partial charge in [0, 0.05) is 12.6 Å². The molecule has 2 heterocycles. The van der Waals surface area contributed by atoms with Crippen molar-refractivity contribution >= 4 is 21.7 Å². The van der Waals surface area contributed by atoms with Crippen molar-refractivity contribution in [3.05, 3.63) is 40.7 Å². The topological polar surface area (TPSA) is 51.0 Å². The van der Waals surface area contributed by atoms with Gasteiger partial charge < -0.3 is 9.73 Å². The first-order valence-corrected chi connectivity index (χ1v) is 5.87. The number of aryl methyl sites for hydroxylation is 1. The number of oxazole rings is 1. The van der Waals surface area contributed by atoms with Crippen molar-refractivity contribution in [3.8, 4) is 0 Å². The summed E-state index contributed by atoms with van der Waals surface area (Å²) in [7, 11) is 0. The van der Waals surface area contributed by atoms with Gasteiger partial charge in [-0.25, -0.2) is 9.97 Å². The van der Waals surface area contributed by atoms with E-state index in [0.717, 1.165) is 22.5 Å². The highest BCUT2D eigenvalue weighted by Gasteiger charge is 2.04. The highest BCUT2D eigenvalue weighted by Crippen LogP contribution is 2.18. The number of rotatable bonds is 4. The molecule has 0 saturated carbocycles. The van der Waals surface area contributed by atoms with Crippen LogP contribution >= 0.6 is 15.9 Å². The molecule has 0 aliphatic carbocycles. The van der Waals surface area contributed by atoms with Crippen molar-refractivity contribution < 1.29 is 4.42 Å². The monoisotopic (exact) mass is 281 g/mol. The van der Waals surface area contributed by atoms with Crippen LogP contribution in [0.4, 0.5) is 5.82 Å². The van der Waals surface area contributed by atoms with E-state index < -0.39 is 0 Å². The minimum Gasteiger partial charge on any atom is -0.444 e. The van der Waals surface area contributed by atoms with Crippen LogP contribution in [0.5, 0.6) is 0 Å². The summed E-state index contributed by atoms with van der Waals surface area (Å²) >= 11 is 3.41. The predicted molar refractivity (Wildman–Crippen MR) is 65.1 cm³/mol. The van der Waals surface area contributed by atoms with Crippen LogP contribution in [-0.2, 0) is 13.0 Å². The summed E-state index contributed by atoms with van der Waals surface area (Å²) < 4.78 is 6.41. The smallest absolute Gasteiger partial charge is 0.213 e. The molecule has 0 radical (unpaired) electrons. The van der Waals surface area contributed by atoms with Crippen molar-refractivity contribution in [2.24, 2.45) is 0 Å². The van der Waals surface area contributed by atoms with Gasteiger partial charge in [0.1, 0.15) is 11.6 Å². The Labute approximate surface area is 102 Å². The van der Waals surface area contributed by atoms with Gasteiger partial charge in [-0.05, 0) is 28.1 Å². The number of halogens is 1. The van der Waals surface area contributed by atoms with Gasteiger partial charge in [0.25, 0.3) is 0 Å². The Morgan fingerprint density at radius 3 is 3.00 bits per heavy atom. The second-order valence-electron chi connectivity index (χ2n) is 3.26. The van der Waals surface area contributed by atoms with E-state index in [0.29, 0.717) is 12.4 Å². The number of nitrogens with zero attached hydrogens (tertiary/aromatic N) is 2. The Kier molecular flexibility index (Phi) is 3.56. The molecule has 0 atom stereocenters. The molecule has 4 nitrogen and oxygen atoms in total. The number of pyridine rings is 1. The molecule has 0 spiro atoms. The standard InChI is InChI=1S/C11H12BrN3O/c1-2-8-6-14-10(16-8)7-15-11-9(12)4-3-5-13-11/h3-6H,2,7H2,1H3,(H,13,15). The van der Waals surface area contributed by atoms with Crippen LogP contribution in [0.3, 0.4) is 0 Å². The fraction of sp³-hybridized carbons (Fsp3) is 0.273. The van der Waals surface area contributed by atoms with E-state index in [2.05, 4.69) is 31.2 Å². The lowest BCUT2D eigenvalue weighted by Crippen LogP contribution is -2.01. The van der Waals surface area contributed by atoms with Gasteiger partial charge in [-0.3, -0.25) is 0 Å². The first-order valence-electron chi connectivity index (χ1n) is 5.07. The van der Waals surface area contributed by atoms with Gasteiger partial charge in [0.15, 0.2) is 0 Å². The Hall–Kier alpha value is -1.36. The zero-order valence-corrected chi connectivity index (χ0v) is 10.5. The predicted octanol–water partition coefficient (Wildman–Crippen LogP) is 3.01. The highest BCUT2D eigenvalue weighted by molar-refractivity contribution is 9.10. The third-order valence-electron chi connectivity index (χ3n) is 2.12. The van der Waals surface area contributed by atoms with Crippen LogP contribution in [0.25, 0.3) is 0 Å². The molecular formula is C11H12BrN3O.